The standard InChI is InChI=1S/C15H17N5/c1-10(2)13-14(11-8-17-18-9-11)19-20(15(13)16)12-6-4-3-5-7-12/h3-10H,16H2,1-2H3,(H,17,18). The maximum absolute atomic E-state index is 6.31. The van der Waals surface area contributed by atoms with Gasteiger partial charge in [0.05, 0.1) is 11.9 Å². The first-order valence-corrected chi connectivity index (χ1v) is 6.61. The van der Waals surface area contributed by atoms with Gasteiger partial charge in [0.15, 0.2) is 0 Å². The molecule has 0 unspecified atom stereocenters. The number of anilines is 1. The van der Waals surface area contributed by atoms with Gasteiger partial charge in [-0.2, -0.15) is 10.2 Å². The molecule has 3 rings (SSSR count). The Balaban J connectivity index is 2.22. The van der Waals surface area contributed by atoms with Gasteiger partial charge in [0.2, 0.25) is 0 Å². The van der Waals surface area contributed by atoms with E-state index in [1.807, 2.05) is 36.5 Å². The Morgan fingerprint density at radius 1 is 1.20 bits per heavy atom. The van der Waals surface area contributed by atoms with E-state index in [-0.39, 0.29) is 5.92 Å². The fourth-order valence-corrected chi connectivity index (χ4v) is 2.37. The molecule has 0 atom stereocenters. The van der Waals surface area contributed by atoms with E-state index in [2.05, 4.69) is 29.1 Å². The predicted molar refractivity (Wildman–Crippen MR) is 79.6 cm³/mol. The summed E-state index contributed by atoms with van der Waals surface area (Å²) in [5.74, 6) is 0.972. The van der Waals surface area contributed by atoms with Crippen molar-refractivity contribution in [2.45, 2.75) is 19.8 Å². The first-order valence-electron chi connectivity index (χ1n) is 6.61. The quantitative estimate of drug-likeness (QED) is 0.766. The summed E-state index contributed by atoms with van der Waals surface area (Å²) in [6.45, 7) is 4.23. The second-order valence-electron chi connectivity index (χ2n) is 5.04. The molecule has 3 N–H and O–H groups in total. The van der Waals surface area contributed by atoms with Crippen LogP contribution in [0.1, 0.15) is 25.3 Å². The largest absolute Gasteiger partial charge is 0.383 e. The van der Waals surface area contributed by atoms with Gasteiger partial charge in [-0.25, -0.2) is 4.68 Å². The first kappa shape index (κ1) is 12.5. The molecule has 102 valence electrons. The Labute approximate surface area is 117 Å². The summed E-state index contributed by atoms with van der Waals surface area (Å²) in [6, 6.07) is 9.91. The molecule has 2 heterocycles. The Kier molecular flexibility index (Phi) is 3.02. The predicted octanol–water partition coefficient (Wildman–Crippen LogP) is 2.97. The molecule has 0 bridgehead atoms. The van der Waals surface area contributed by atoms with Crippen molar-refractivity contribution in [3.05, 3.63) is 48.3 Å². The lowest BCUT2D eigenvalue weighted by Crippen LogP contribution is -2.03. The lowest BCUT2D eigenvalue weighted by atomic mass is 10.0. The van der Waals surface area contributed by atoms with Crippen molar-refractivity contribution >= 4 is 5.82 Å². The molecule has 0 saturated heterocycles. The minimum atomic E-state index is 0.289. The highest BCUT2D eigenvalue weighted by Crippen LogP contribution is 2.33. The Morgan fingerprint density at radius 3 is 2.55 bits per heavy atom. The van der Waals surface area contributed by atoms with Crippen LogP contribution >= 0.6 is 0 Å². The number of H-pyrrole nitrogens is 1. The van der Waals surface area contributed by atoms with E-state index < -0.39 is 0 Å². The van der Waals surface area contributed by atoms with Crippen LogP contribution in [0.3, 0.4) is 0 Å². The van der Waals surface area contributed by atoms with E-state index in [0.29, 0.717) is 5.82 Å². The van der Waals surface area contributed by atoms with Gasteiger partial charge in [0.1, 0.15) is 11.5 Å². The van der Waals surface area contributed by atoms with Crippen LogP contribution in [0, 0.1) is 0 Å². The van der Waals surface area contributed by atoms with Gasteiger partial charge in [-0.15, -0.1) is 0 Å². The van der Waals surface area contributed by atoms with Crippen LogP contribution < -0.4 is 5.73 Å². The lowest BCUT2D eigenvalue weighted by Gasteiger charge is -2.07. The molecule has 0 aliphatic heterocycles. The number of nitrogen functional groups attached to an aromatic ring is 1. The lowest BCUT2D eigenvalue weighted by molar-refractivity contribution is 0.867. The van der Waals surface area contributed by atoms with Gasteiger partial charge in [-0.05, 0) is 18.1 Å². The van der Waals surface area contributed by atoms with E-state index >= 15 is 0 Å². The molecular weight excluding hydrogens is 250 g/mol. The van der Waals surface area contributed by atoms with Crippen molar-refractivity contribution in [1.29, 1.82) is 0 Å². The molecule has 0 amide bonds. The maximum atomic E-state index is 6.31. The second-order valence-corrected chi connectivity index (χ2v) is 5.04. The Bertz CT molecular complexity index is 695. The smallest absolute Gasteiger partial charge is 0.131 e. The van der Waals surface area contributed by atoms with Crippen LogP contribution in [0.5, 0.6) is 0 Å². The van der Waals surface area contributed by atoms with Crippen LogP contribution in [0.4, 0.5) is 5.82 Å². The third kappa shape index (κ3) is 1.97. The minimum absolute atomic E-state index is 0.289. The van der Waals surface area contributed by atoms with Gasteiger partial charge >= 0.3 is 0 Å². The van der Waals surface area contributed by atoms with Crippen molar-refractivity contribution in [2.75, 3.05) is 5.73 Å². The van der Waals surface area contributed by atoms with Crippen molar-refractivity contribution in [3.8, 4) is 16.9 Å². The molecule has 3 aromatic rings. The van der Waals surface area contributed by atoms with E-state index in [4.69, 9.17) is 5.73 Å². The average Bonchev–Trinajstić information content (AvgIpc) is 3.06. The van der Waals surface area contributed by atoms with Crippen LogP contribution in [-0.2, 0) is 0 Å². The maximum Gasteiger partial charge on any atom is 0.131 e. The number of aromatic nitrogens is 4. The molecule has 0 radical (unpaired) electrons. The molecule has 1 aromatic carbocycles. The molecule has 0 aliphatic rings. The number of nitrogens with one attached hydrogen (secondary N) is 1. The summed E-state index contributed by atoms with van der Waals surface area (Å²) in [4.78, 5) is 0. The van der Waals surface area contributed by atoms with Gasteiger partial charge < -0.3 is 5.73 Å². The molecule has 2 aromatic heterocycles. The highest BCUT2D eigenvalue weighted by Gasteiger charge is 2.20. The molecule has 0 aliphatic carbocycles. The third-order valence-corrected chi connectivity index (χ3v) is 3.31. The van der Waals surface area contributed by atoms with Crippen molar-refractivity contribution in [1.82, 2.24) is 20.0 Å². The Morgan fingerprint density at radius 2 is 1.95 bits per heavy atom. The Hall–Kier alpha value is -2.56. The van der Waals surface area contributed by atoms with E-state index in [1.165, 1.54) is 0 Å². The number of hydrogen-bond donors (Lipinski definition) is 2. The van der Waals surface area contributed by atoms with Crippen molar-refractivity contribution < 1.29 is 0 Å². The highest BCUT2D eigenvalue weighted by atomic mass is 15.3. The number of nitrogens with two attached hydrogens (primary N) is 1. The van der Waals surface area contributed by atoms with Crippen molar-refractivity contribution in [3.63, 3.8) is 0 Å². The van der Waals surface area contributed by atoms with E-state index in [0.717, 1.165) is 22.5 Å². The summed E-state index contributed by atoms with van der Waals surface area (Å²) in [6.07, 6.45) is 3.60. The van der Waals surface area contributed by atoms with Gasteiger partial charge in [0.25, 0.3) is 0 Å². The molecule has 5 heteroatoms. The zero-order valence-electron chi connectivity index (χ0n) is 11.5. The van der Waals surface area contributed by atoms with Gasteiger partial charge in [-0.1, -0.05) is 32.0 Å². The molecule has 0 saturated carbocycles. The van der Waals surface area contributed by atoms with Crippen LogP contribution in [0.2, 0.25) is 0 Å². The minimum Gasteiger partial charge on any atom is -0.383 e. The normalized spacial score (nSPS) is 11.2. The topological polar surface area (TPSA) is 72.5 Å². The fraction of sp³-hybridized carbons (Fsp3) is 0.200. The number of nitrogens with zero attached hydrogens (tertiary/aromatic N) is 3. The molecule has 20 heavy (non-hydrogen) atoms. The van der Waals surface area contributed by atoms with Crippen LogP contribution in [-0.4, -0.2) is 20.0 Å². The van der Waals surface area contributed by atoms with Crippen molar-refractivity contribution in [2.24, 2.45) is 0 Å². The summed E-state index contributed by atoms with van der Waals surface area (Å²) in [7, 11) is 0. The number of benzene rings is 1. The molecule has 0 fully saturated rings. The fourth-order valence-electron chi connectivity index (χ4n) is 2.37. The number of para-hydroxylation sites is 1. The molecular formula is C15H17N5. The van der Waals surface area contributed by atoms with Gasteiger partial charge in [0, 0.05) is 17.3 Å². The zero-order chi connectivity index (χ0) is 14.1. The summed E-state index contributed by atoms with van der Waals surface area (Å²) < 4.78 is 1.79. The van der Waals surface area contributed by atoms with Crippen LogP contribution in [0.25, 0.3) is 16.9 Å². The highest BCUT2D eigenvalue weighted by molar-refractivity contribution is 5.69. The van der Waals surface area contributed by atoms with E-state index in [1.54, 1.807) is 10.9 Å². The summed E-state index contributed by atoms with van der Waals surface area (Å²) in [5, 5.41) is 11.5. The molecule has 5 nitrogen and oxygen atoms in total. The monoisotopic (exact) mass is 267 g/mol. The number of aromatic amines is 1. The average molecular weight is 267 g/mol. The van der Waals surface area contributed by atoms with Gasteiger partial charge in [-0.3, -0.25) is 5.10 Å². The molecule has 0 spiro atoms. The van der Waals surface area contributed by atoms with E-state index in [9.17, 15) is 0 Å². The second kappa shape index (κ2) is 4.85. The SMILES string of the molecule is CC(C)c1c(-c2cn[nH]c2)nn(-c2ccccc2)c1N. The summed E-state index contributed by atoms with van der Waals surface area (Å²) >= 11 is 0. The number of hydrogen-bond acceptors (Lipinski definition) is 3. The third-order valence-electron chi connectivity index (χ3n) is 3.31. The number of rotatable bonds is 3. The zero-order valence-corrected chi connectivity index (χ0v) is 11.5. The van der Waals surface area contributed by atoms with Crippen LogP contribution in [0.15, 0.2) is 42.7 Å². The summed E-state index contributed by atoms with van der Waals surface area (Å²) in [5.41, 5.74) is 10.2. The first-order chi connectivity index (χ1) is 9.68.